The van der Waals surface area contributed by atoms with Gasteiger partial charge in [-0.2, -0.15) is 0 Å². The number of nitrogens with two attached hydrogens (primary N) is 1. The highest BCUT2D eigenvalue weighted by molar-refractivity contribution is 5.36. The average Bonchev–Trinajstić information content (AvgIpc) is 2.40. The topological polar surface area (TPSA) is 48.1 Å². The maximum atomic E-state index is 6.18. The van der Waals surface area contributed by atoms with Gasteiger partial charge in [-0.1, -0.05) is 24.3 Å². The Morgan fingerprint density at radius 2 is 1.94 bits per heavy atom. The summed E-state index contributed by atoms with van der Waals surface area (Å²) in [6.07, 6.45) is 2.49. The van der Waals surface area contributed by atoms with Gasteiger partial charge in [-0.25, -0.2) is 0 Å². The molecule has 2 N–H and O–H groups in total. The molecule has 88 valence electrons. The van der Waals surface area contributed by atoms with Gasteiger partial charge in [-0.15, -0.1) is 0 Å². The van der Waals surface area contributed by atoms with Gasteiger partial charge in [0.2, 0.25) is 0 Å². The summed E-state index contributed by atoms with van der Waals surface area (Å²) in [6, 6.07) is 13.6. The van der Waals surface area contributed by atoms with Gasteiger partial charge < -0.3 is 10.5 Å². The minimum Gasteiger partial charge on any atom is -0.496 e. The Labute approximate surface area is 101 Å². The molecule has 0 radical (unpaired) electrons. The summed E-state index contributed by atoms with van der Waals surface area (Å²) >= 11 is 0. The molecule has 3 nitrogen and oxygen atoms in total. The molecule has 2 aromatic rings. The lowest BCUT2D eigenvalue weighted by Gasteiger charge is -2.15. The normalized spacial score (nSPS) is 12.1. The largest absolute Gasteiger partial charge is 0.496 e. The van der Waals surface area contributed by atoms with Crippen LogP contribution in [0, 0.1) is 0 Å². The standard InChI is InChI=1S/C14H16N2O/c1-17-14-8-3-2-7-12(14)13(15)10-11-6-4-5-9-16-11/h2-9,13H,10,15H2,1H3. The van der Waals surface area contributed by atoms with Gasteiger partial charge in [0.05, 0.1) is 7.11 Å². The smallest absolute Gasteiger partial charge is 0.123 e. The van der Waals surface area contributed by atoms with E-state index in [1.807, 2.05) is 42.5 Å². The number of aromatic nitrogens is 1. The van der Waals surface area contributed by atoms with Crippen LogP contribution in [0.1, 0.15) is 17.3 Å². The zero-order valence-corrected chi connectivity index (χ0v) is 9.84. The van der Waals surface area contributed by atoms with Crippen molar-refractivity contribution in [2.75, 3.05) is 7.11 Å². The van der Waals surface area contributed by atoms with Gasteiger partial charge in [0.25, 0.3) is 0 Å². The first kappa shape index (κ1) is 11.6. The highest BCUT2D eigenvalue weighted by Crippen LogP contribution is 2.24. The molecular formula is C14H16N2O. The van der Waals surface area contributed by atoms with Gasteiger partial charge in [0.1, 0.15) is 5.75 Å². The van der Waals surface area contributed by atoms with Crippen molar-refractivity contribution in [3.05, 3.63) is 59.9 Å². The molecule has 0 bridgehead atoms. The Kier molecular flexibility index (Phi) is 3.73. The molecule has 0 spiro atoms. The van der Waals surface area contributed by atoms with Crippen molar-refractivity contribution in [2.45, 2.75) is 12.5 Å². The Morgan fingerprint density at radius 1 is 1.18 bits per heavy atom. The van der Waals surface area contributed by atoms with Gasteiger partial charge >= 0.3 is 0 Å². The number of nitrogens with zero attached hydrogens (tertiary/aromatic N) is 1. The van der Waals surface area contributed by atoms with Crippen LogP contribution in [0.5, 0.6) is 5.75 Å². The van der Waals surface area contributed by atoms with Crippen molar-refractivity contribution in [3.63, 3.8) is 0 Å². The number of para-hydroxylation sites is 1. The summed E-state index contributed by atoms with van der Waals surface area (Å²) in [6.45, 7) is 0. The molecule has 0 amide bonds. The maximum Gasteiger partial charge on any atom is 0.123 e. The van der Waals surface area contributed by atoms with Crippen LogP contribution in [0.3, 0.4) is 0 Å². The molecule has 1 unspecified atom stereocenters. The molecule has 3 heteroatoms. The zero-order chi connectivity index (χ0) is 12.1. The van der Waals surface area contributed by atoms with Crippen LogP contribution in [0.25, 0.3) is 0 Å². The summed E-state index contributed by atoms with van der Waals surface area (Å²) in [5, 5.41) is 0. The third-order valence-electron chi connectivity index (χ3n) is 2.69. The second-order valence-electron chi connectivity index (χ2n) is 3.87. The van der Waals surface area contributed by atoms with Gasteiger partial charge in [0.15, 0.2) is 0 Å². The molecule has 1 aromatic heterocycles. The Bertz CT molecular complexity index is 471. The maximum absolute atomic E-state index is 6.18. The van der Waals surface area contributed by atoms with Crippen LogP contribution in [0.4, 0.5) is 0 Å². The number of pyridine rings is 1. The van der Waals surface area contributed by atoms with Crippen LogP contribution in [0.15, 0.2) is 48.7 Å². The number of methoxy groups -OCH3 is 1. The molecule has 1 heterocycles. The minimum atomic E-state index is -0.0963. The zero-order valence-electron chi connectivity index (χ0n) is 9.84. The van der Waals surface area contributed by atoms with E-state index in [0.29, 0.717) is 6.42 Å². The first-order valence-electron chi connectivity index (χ1n) is 5.59. The minimum absolute atomic E-state index is 0.0963. The number of benzene rings is 1. The van der Waals surface area contributed by atoms with Gasteiger partial charge in [-0.3, -0.25) is 4.98 Å². The SMILES string of the molecule is COc1ccccc1C(N)Cc1ccccn1. The van der Waals surface area contributed by atoms with Crippen molar-refractivity contribution in [2.24, 2.45) is 5.73 Å². The van der Waals surface area contributed by atoms with E-state index in [1.165, 1.54) is 0 Å². The molecule has 2 rings (SSSR count). The van der Waals surface area contributed by atoms with Gasteiger partial charge in [0, 0.05) is 29.9 Å². The second-order valence-corrected chi connectivity index (χ2v) is 3.87. The Balaban J connectivity index is 2.17. The number of hydrogen-bond acceptors (Lipinski definition) is 3. The van der Waals surface area contributed by atoms with E-state index in [1.54, 1.807) is 13.3 Å². The van der Waals surface area contributed by atoms with Crippen molar-refractivity contribution in [3.8, 4) is 5.75 Å². The number of rotatable bonds is 4. The fourth-order valence-electron chi connectivity index (χ4n) is 1.83. The summed E-state index contributed by atoms with van der Waals surface area (Å²) in [7, 11) is 1.66. The molecule has 0 fully saturated rings. The quantitative estimate of drug-likeness (QED) is 0.873. The lowest BCUT2D eigenvalue weighted by atomic mass is 10.0. The highest BCUT2D eigenvalue weighted by Gasteiger charge is 2.12. The molecule has 1 atom stereocenters. The molecule has 17 heavy (non-hydrogen) atoms. The molecule has 0 saturated carbocycles. The molecule has 0 aliphatic rings. The predicted octanol–water partition coefficient (Wildman–Crippen LogP) is 2.33. The average molecular weight is 228 g/mol. The molecule has 1 aromatic carbocycles. The van der Waals surface area contributed by atoms with E-state index in [-0.39, 0.29) is 6.04 Å². The first-order chi connectivity index (χ1) is 8.31. The summed E-state index contributed by atoms with van der Waals surface area (Å²) in [5.41, 5.74) is 8.19. The second kappa shape index (κ2) is 5.46. The van der Waals surface area contributed by atoms with E-state index < -0.39 is 0 Å². The van der Waals surface area contributed by atoms with Crippen LogP contribution in [0.2, 0.25) is 0 Å². The molecular weight excluding hydrogens is 212 g/mol. The lowest BCUT2D eigenvalue weighted by Crippen LogP contribution is -2.15. The molecule has 0 aliphatic carbocycles. The van der Waals surface area contributed by atoms with Crippen LogP contribution < -0.4 is 10.5 Å². The van der Waals surface area contributed by atoms with Gasteiger partial charge in [-0.05, 0) is 18.2 Å². The predicted molar refractivity (Wildman–Crippen MR) is 67.9 cm³/mol. The van der Waals surface area contributed by atoms with Crippen molar-refractivity contribution in [1.82, 2.24) is 4.98 Å². The summed E-state index contributed by atoms with van der Waals surface area (Å²) in [4.78, 5) is 4.28. The number of ether oxygens (including phenoxy) is 1. The van der Waals surface area contributed by atoms with Crippen molar-refractivity contribution in [1.29, 1.82) is 0 Å². The van der Waals surface area contributed by atoms with E-state index in [4.69, 9.17) is 10.5 Å². The first-order valence-corrected chi connectivity index (χ1v) is 5.59. The summed E-state index contributed by atoms with van der Waals surface area (Å²) < 4.78 is 5.30. The van der Waals surface area contributed by atoms with Crippen LogP contribution in [-0.2, 0) is 6.42 Å². The lowest BCUT2D eigenvalue weighted by molar-refractivity contribution is 0.405. The monoisotopic (exact) mass is 228 g/mol. The van der Waals surface area contributed by atoms with Crippen LogP contribution >= 0.6 is 0 Å². The van der Waals surface area contributed by atoms with Crippen molar-refractivity contribution >= 4 is 0 Å². The fourth-order valence-corrected chi connectivity index (χ4v) is 1.83. The van der Waals surface area contributed by atoms with E-state index in [9.17, 15) is 0 Å². The van der Waals surface area contributed by atoms with E-state index >= 15 is 0 Å². The molecule has 0 saturated heterocycles. The number of hydrogen-bond donors (Lipinski definition) is 1. The van der Waals surface area contributed by atoms with Crippen molar-refractivity contribution < 1.29 is 4.74 Å². The Hall–Kier alpha value is -1.87. The highest BCUT2D eigenvalue weighted by atomic mass is 16.5. The third-order valence-corrected chi connectivity index (χ3v) is 2.69. The molecule has 0 aliphatic heterocycles. The fraction of sp³-hybridized carbons (Fsp3) is 0.214. The summed E-state index contributed by atoms with van der Waals surface area (Å²) in [5.74, 6) is 0.830. The third kappa shape index (κ3) is 2.82. The van der Waals surface area contributed by atoms with E-state index in [2.05, 4.69) is 4.98 Å². The van der Waals surface area contributed by atoms with E-state index in [0.717, 1.165) is 17.0 Å². The van der Waals surface area contributed by atoms with Crippen LogP contribution in [-0.4, -0.2) is 12.1 Å². The Morgan fingerprint density at radius 3 is 2.65 bits per heavy atom.